The lowest BCUT2D eigenvalue weighted by atomic mass is 10.2. The van der Waals surface area contributed by atoms with E-state index in [4.69, 9.17) is 4.74 Å². The molecule has 0 saturated heterocycles. The van der Waals surface area contributed by atoms with Crippen LogP contribution in [0.5, 0.6) is 0 Å². The van der Waals surface area contributed by atoms with Crippen LogP contribution in [0.15, 0.2) is 30.5 Å². The van der Waals surface area contributed by atoms with Crippen LogP contribution in [0, 0.1) is 0 Å². The molecule has 19 heavy (non-hydrogen) atoms. The standard InChI is InChI=1S/C14H20N4O/c1-11(2)15-8-13-9-18(17-16-13)14-7-5-4-6-12(14)10-19-3/h4-7,9,11,15H,8,10H2,1-3H3. The van der Waals surface area contributed by atoms with Gasteiger partial charge in [0.1, 0.15) is 0 Å². The molecule has 0 radical (unpaired) electrons. The average Bonchev–Trinajstić information content (AvgIpc) is 2.86. The highest BCUT2D eigenvalue weighted by molar-refractivity contribution is 5.39. The third-order valence-electron chi connectivity index (χ3n) is 2.77. The second-order valence-corrected chi connectivity index (χ2v) is 4.75. The van der Waals surface area contributed by atoms with E-state index in [2.05, 4.69) is 29.5 Å². The first-order chi connectivity index (χ1) is 9.20. The number of ether oxygens (including phenoxy) is 1. The largest absolute Gasteiger partial charge is 0.380 e. The van der Waals surface area contributed by atoms with Crippen molar-refractivity contribution in [3.05, 3.63) is 41.7 Å². The van der Waals surface area contributed by atoms with Gasteiger partial charge >= 0.3 is 0 Å². The highest BCUT2D eigenvalue weighted by Crippen LogP contribution is 2.14. The summed E-state index contributed by atoms with van der Waals surface area (Å²) in [5.41, 5.74) is 3.03. The van der Waals surface area contributed by atoms with Crippen LogP contribution in [0.1, 0.15) is 25.1 Å². The summed E-state index contributed by atoms with van der Waals surface area (Å²) >= 11 is 0. The minimum atomic E-state index is 0.436. The number of hydrogen-bond donors (Lipinski definition) is 1. The Morgan fingerprint density at radius 3 is 2.84 bits per heavy atom. The smallest absolute Gasteiger partial charge is 0.0969 e. The maximum Gasteiger partial charge on any atom is 0.0969 e. The van der Waals surface area contributed by atoms with E-state index in [-0.39, 0.29) is 0 Å². The molecular formula is C14H20N4O. The summed E-state index contributed by atoms with van der Waals surface area (Å²) < 4.78 is 7.00. The van der Waals surface area contributed by atoms with E-state index in [1.807, 2.05) is 30.5 Å². The minimum absolute atomic E-state index is 0.436. The average molecular weight is 260 g/mol. The molecule has 102 valence electrons. The van der Waals surface area contributed by atoms with E-state index < -0.39 is 0 Å². The highest BCUT2D eigenvalue weighted by atomic mass is 16.5. The van der Waals surface area contributed by atoms with Crippen LogP contribution < -0.4 is 5.32 Å². The van der Waals surface area contributed by atoms with Crippen LogP contribution in [0.25, 0.3) is 5.69 Å². The third-order valence-corrected chi connectivity index (χ3v) is 2.77. The molecule has 0 fully saturated rings. The summed E-state index contributed by atoms with van der Waals surface area (Å²) in [7, 11) is 1.69. The molecule has 0 amide bonds. The fraction of sp³-hybridized carbons (Fsp3) is 0.429. The predicted molar refractivity (Wildman–Crippen MR) is 74.0 cm³/mol. The zero-order valence-corrected chi connectivity index (χ0v) is 11.6. The van der Waals surface area contributed by atoms with E-state index in [9.17, 15) is 0 Å². The van der Waals surface area contributed by atoms with Gasteiger partial charge in [-0.2, -0.15) is 0 Å². The quantitative estimate of drug-likeness (QED) is 0.862. The van der Waals surface area contributed by atoms with E-state index in [1.54, 1.807) is 11.8 Å². The first-order valence-corrected chi connectivity index (χ1v) is 6.42. The summed E-state index contributed by atoms with van der Waals surface area (Å²) in [5, 5.41) is 11.7. The van der Waals surface area contributed by atoms with Gasteiger partial charge in [0, 0.05) is 25.3 Å². The van der Waals surface area contributed by atoms with Gasteiger partial charge in [0.25, 0.3) is 0 Å². The first-order valence-electron chi connectivity index (χ1n) is 6.42. The molecule has 0 aliphatic heterocycles. The molecule has 0 spiro atoms. The van der Waals surface area contributed by atoms with Crippen LogP contribution in [0.3, 0.4) is 0 Å². The van der Waals surface area contributed by atoms with Crippen molar-refractivity contribution >= 4 is 0 Å². The Bertz CT molecular complexity index is 522. The molecule has 5 nitrogen and oxygen atoms in total. The van der Waals surface area contributed by atoms with Crippen molar-refractivity contribution in [3.63, 3.8) is 0 Å². The van der Waals surface area contributed by atoms with Gasteiger partial charge in [-0.15, -0.1) is 5.10 Å². The molecule has 0 unspecified atom stereocenters. The lowest BCUT2D eigenvalue weighted by molar-refractivity contribution is 0.184. The number of nitrogens with zero attached hydrogens (tertiary/aromatic N) is 3. The molecule has 0 aliphatic carbocycles. The van der Waals surface area contributed by atoms with Gasteiger partial charge < -0.3 is 10.1 Å². The minimum Gasteiger partial charge on any atom is -0.380 e. The SMILES string of the molecule is COCc1ccccc1-n1cc(CNC(C)C)nn1. The Morgan fingerprint density at radius 1 is 1.32 bits per heavy atom. The Labute approximate surface area is 113 Å². The van der Waals surface area contributed by atoms with Crippen molar-refractivity contribution in [2.24, 2.45) is 0 Å². The van der Waals surface area contributed by atoms with Crippen molar-refractivity contribution in [2.75, 3.05) is 7.11 Å². The van der Waals surface area contributed by atoms with E-state index in [0.717, 1.165) is 23.5 Å². The molecular weight excluding hydrogens is 240 g/mol. The van der Waals surface area contributed by atoms with Crippen molar-refractivity contribution in [3.8, 4) is 5.69 Å². The lowest BCUT2D eigenvalue weighted by Crippen LogP contribution is -2.21. The number of hydrogen-bond acceptors (Lipinski definition) is 4. The molecule has 0 aliphatic rings. The zero-order valence-electron chi connectivity index (χ0n) is 11.6. The lowest BCUT2D eigenvalue weighted by Gasteiger charge is -2.07. The molecule has 1 aromatic carbocycles. The van der Waals surface area contributed by atoms with Gasteiger partial charge in [-0.1, -0.05) is 37.3 Å². The molecule has 0 atom stereocenters. The van der Waals surface area contributed by atoms with Crippen LogP contribution in [-0.2, 0) is 17.9 Å². The topological polar surface area (TPSA) is 52.0 Å². The fourth-order valence-corrected chi connectivity index (χ4v) is 1.82. The summed E-state index contributed by atoms with van der Waals surface area (Å²) in [6.45, 7) is 5.51. The van der Waals surface area contributed by atoms with Crippen molar-refractivity contribution in [1.82, 2.24) is 20.3 Å². The van der Waals surface area contributed by atoms with Gasteiger partial charge in [-0.3, -0.25) is 0 Å². The Morgan fingerprint density at radius 2 is 2.11 bits per heavy atom. The van der Waals surface area contributed by atoms with Crippen LogP contribution in [0.4, 0.5) is 0 Å². The zero-order chi connectivity index (χ0) is 13.7. The fourth-order valence-electron chi connectivity index (χ4n) is 1.82. The second-order valence-electron chi connectivity index (χ2n) is 4.75. The first kappa shape index (κ1) is 13.7. The maximum absolute atomic E-state index is 5.20. The molecule has 1 N–H and O–H groups in total. The van der Waals surface area contributed by atoms with Crippen molar-refractivity contribution < 1.29 is 4.74 Å². The number of methoxy groups -OCH3 is 1. The Hall–Kier alpha value is -1.72. The molecule has 0 saturated carbocycles. The molecule has 1 aromatic heterocycles. The molecule has 2 rings (SSSR count). The number of aromatic nitrogens is 3. The summed E-state index contributed by atoms with van der Waals surface area (Å²) in [6, 6.07) is 8.47. The van der Waals surface area contributed by atoms with Crippen LogP contribution in [-0.4, -0.2) is 28.1 Å². The number of para-hydroxylation sites is 1. The van der Waals surface area contributed by atoms with Gasteiger partial charge in [0.05, 0.1) is 24.2 Å². The van der Waals surface area contributed by atoms with Crippen molar-refractivity contribution in [1.29, 1.82) is 0 Å². The van der Waals surface area contributed by atoms with E-state index in [1.165, 1.54) is 0 Å². The Balaban J connectivity index is 2.18. The van der Waals surface area contributed by atoms with Gasteiger partial charge in [0.15, 0.2) is 0 Å². The molecule has 0 bridgehead atoms. The molecule has 5 heteroatoms. The van der Waals surface area contributed by atoms with Crippen LogP contribution in [0.2, 0.25) is 0 Å². The van der Waals surface area contributed by atoms with E-state index in [0.29, 0.717) is 12.6 Å². The third kappa shape index (κ3) is 3.62. The monoisotopic (exact) mass is 260 g/mol. The summed E-state index contributed by atoms with van der Waals surface area (Å²) in [6.07, 6.45) is 1.95. The summed E-state index contributed by atoms with van der Waals surface area (Å²) in [4.78, 5) is 0. The van der Waals surface area contributed by atoms with Gasteiger partial charge in [0.2, 0.25) is 0 Å². The van der Waals surface area contributed by atoms with Crippen molar-refractivity contribution in [2.45, 2.75) is 33.0 Å². The van der Waals surface area contributed by atoms with Crippen LogP contribution >= 0.6 is 0 Å². The predicted octanol–water partition coefficient (Wildman–Crippen LogP) is 1.91. The number of nitrogens with one attached hydrogen (secondary N) is 1. The highest BCUT2D eigenvalue weighted by Gasteiger charge is 2.07. The maximum atomic E-state index is 5.20. The van der Waals surface area contributed by atoms with Gasteiger partial charge in [-0.05, 0) is 6.07 Å². The summed E-state index contributed by atoms with van der Waals surface area (Å²) in [5.74, 6) is 0. The van der Waals surface area contributed by atoms with Gasteiger partial charge in [-0.25, -0.2) is 4.68 Å². The molecule has 2 aromatic rings. The second kappa shape index (κ2) is 6.45. The number of rotatable bonds is 6. The van der Waals surface area contributed by atoms with E-state index >= 15 is 0 Å². The molecule has 1 heterocycles. The Kier molecular flexibility index (Phi) is 4.65. The normalized spacial score (nSPS) is 11.2. The number of benzene rings is 1.